The van der Waals surface area contributed by atoms with Crippen LogP contribution in [0.3, 0.4) is 0 Å². The molecule has 140 valence electrons. The number of methoxy groups -OCH3 is 1. The lowest BCUT2D eigenvalue weighted by atomic mass is 10.0. The fourth-order valence-corrected chi connectivity index (χ4v) is 1.35. The summed E-state index contributed by atoms with van der Waals surface area (Å²) >= 11 is 0. The minimum atomic E-state index is -0.129. The molecular weight excluding hydrogens is 290 g/mol. The molecule has 23 heavy (non-hydrogen) atoms. The lowest BCUT2D eigenvalue weighted by molar-refractivity contribution is -0.117. The molecule has 0 unspecified atom stereocenters. The number of allylic oxidation sites excluding steroid dienone is 1. The van der Waals surface area contributed by atoms with E-state index in [2.05, 4.69) is 20.8 Å². The molecule has 0 saturated heterocycles. The number of carbonyl (C=O) groups excluding carboxylic acids is 1. The second kappa shape index (κ2) is 17.3. The highest BCUT2D eigenvalue weighted by atomic mass is 16.5. The van der Waals surface area contributed by atoms with E-state index in [1.165, 1.54) is 0 Å². The van der Waals surface area contributed by atoms with Crippen molar-refractivity contribution >= 4 is 5.78 Å². The molecule has 0 spiro atoms. The van der Waals surface area contributed by atoms with Crippen molar-refractivity contribution in [3.8, 4) is 0 Å². The number of hydrazine groups is 1. The second-order valence-electron chi connectivity index (χ2n) is 5.83. The third kappa shape index (κ3) is 18.9. The van der Waals surface area contributed by atoms with E-state index in [9.17, 15) is 4.79 Å². The van der Waals surface area contributed by atoms with Crippen molar-refractivity contribution in [2.45, 2.75) is 86.1 Å². The predicted octanol–water partition coefficient (Wildman–Crippen LogP) is 3.98. The van der Waals surface area contributed by atoms with Crippen LogP contribution in [0.5, 0.6) is 0 Å². The van der Waals surface area contributed by atoms with Gasteiger partial charge in [-0.15, -0.1) is 0 Å². The molecular formula is C18H41N3O2. The lowest BCUT2D eigenvalue weighted by Gasteiger charge is -2.34. The number of hydrogen-bond donors (Lipinski definition) is 2. The van der Waals surface area contributed by atoms with Gasteiger partial charge in [0.2, 0.25) is 0 Å². The summed E-state index contributed by atoms with van der Waals surface area (Å²) in [6, 6.07) is 0. The summed E-state index contributed by atoms with van der Waals surface area (Å²) in [6.07, 6.45) is 6.41. The van der Waals surface area contributed by atoms with Crippen LogP contribution >= 0.6 is 0 Å². The number of unbranched alkanes of at least 4 members (excludes halogenated alkanes) is 1. The summed E-state index contributed by atoms with van der Waals surface area (Å²) in [6.45, 7) is 14.5. The first-order chi connectivity index (χ1) is 10.7. The summed E-state index contributed by atoms with van der Waals surface area (Å²) in [5.41, 5.74) is 6.37. The molecule has 0 aromatic rings. The zero-order chi connectivity index (χ0) is 18.9. The van der Waals surface area contributed by atoms with Crippen LogP contribution in [0.25, 0.3) is 0 Å². The highest BCUT2D eigenvalue weighted by molar-refractivity contribution is 5.75. The molecule has 0 aliphatic carbocycles. The molecule has 0 fully saturated rings. The van der Waals surface area contributed by atoms with Gasteiger partial charge in [0.25, 0.3) is 0 Å². The third-order valence-electron chi connectivity index (χ3n) is 3.21. The van der Waals surface area contributed by atoms with Gasteiger partial charge < -0.3 is 20.3 Å². The molecule has 0 aromatic heterocycles. The first kappa shape index (κ1) is 26.8. The first-order valence-corrected chi connectivity index (χ1v) is 8.69. The fraction of sp³-hybridized carbons (Fsp3) is 0.833. The minimum absolute atomic E-state index is 0.129. The Kier molecular flexibility index (Phi) is 20.1. The maximum Gasteiger partial charge on any atom is 0.129 e. The molecule has 0 heterocycles. The van der Waals surface area contributed by atoms with E-state index >= 15 is 0 Å². The van der Waals surface area contributed by atoms with Crippen molar-refractivity contribution < 1.29 is 9.53 Å². The topological polar surface area (TPSA) is 81.6 Å². The quantitative estimate of drug-likeness (QED) is 0.493. The van der Waals surface area contributed by atoms with Crippen LogP contribution in [0.2, 0.25) is 0 Å². The molecule has 0 aromatic carbocycles. The first-order valence-electron chi connectivity index (χ1n) is 8.69. The van der Waals surface area contributed by atoms with Gasteiger partial charge in [0.05, 0.1) is 5.54 Å². The van der Waals surface area contributed by atoms with E-state index in [0.717, 1.165) is 37.8 Å². The number of nitrogens with zero attached hydrogens (tertiary/aromatic N) is 1. The molecule has 4 N–H and O–H groups in total. The average molecular weight is 332 g/mol. The Morgan fingerprint density at radius 3 is 2.09 bits per heavy atom. The zero-order valence-corrected chi connectivity index (χ0v) is 16.7. The molecule has 0 radical (unpaired) electrons. The molecule has 5 nitrogen and oxygen atoms in total. The highest BCUT2D eigenvalue weighted by Crippen LogP contribution is 2.16. The normalized spacial score (nSPS) is 10.9. The zero-order valence-electron chi connectivity index (χ0n) is 16.7. The predicted molar refractivity (Wildman–Crippen MR) is 101 cm³/mol. The fourth-order valence-electron chi connectivity index (χ4n) is 1.35. The van der Waals surface area contributed by atoms with E-state index in [1.54, 1.807) is 25.2 Å². The SMILES string of the molecule is CC.CC/C(N)=C/N(N)C(C)(C)CCOC.CCCCC(C)=O. The van der Waals surface area contributed by atoms with Crippen LogP contribution in [0.4, 0.5) is 0 Å². The van der Waals surface area contributed by atoms with Crippen molar-refractivity contribution in [1.82, 2.24) is 5.01 Å². The van der Waals surface area contributed by atoms with Gasteiger partial charge in [-0.05, 0) is 40.0 Å². The Balaban J connectivity index is -0.000000373. The van der Waals surface area contributed by atoms with Crippen molar-refractivity contribution in [1.29, 1.82) is 0 Å². The Morgan fingerprint density at radius 2 is 1.78 bits per heavy atom. The smallest absolute Gasteiger partial charge is 0.129 e. The highest BCUT2D eigenvalue weighted by Gasteiger charge is 2.21. The summed E-state index contributed by atoms with van der Waals surface area (Å²) in [7, 11) is 1.69. The molecule has 0 rings (SSSR count). The van der Waals surface area contributed by atoms with Crippen LogP contribution in [0.1, 0.15) is 80.6 Å². The monoisotopic (exact) mass is 331 g/mol. The maximum absolute atomic E-state index is 10.2. The number of carbonyl (C=O) groups is 1. The minimum Gasteiger partial charge on any atom is -0.401 e. The molecule has 5 heteroatoms. The standard InChI is InChI=1S/C10H23N3O.C6H12O.C2H6/c1-5-9(11)8-13(12)10(2,3)6-7-14-4;1-3-4-5-6(2)7;1-2/h8H,5-7,11-12H2,1-4H3;3-5H2,1-2H3;1-2H3/b9-8-;;. The molecule has 0 aliphatic heterocycles. The van der Waals surface area contributed by atoms with Crippen molar-refractivity contribution in [2.24, 2.45) is 11.6 Å². The third-order valence-corrected chi connectivity index (χ3v) is 3.21. The van der Waals surface area contributed by atoms with Gasteiger partial charge in [-0.2, -0.15) is 0 Å². The van der Waals surface area contributed by atoms with Crippen LogP contribution in [-0.4, -0.2) is 30.0 Å². The van der Waals surface area contributed by atoms with Crippen LogP contribution in [-0.2, 0) is 9.53 Å². The van der Waals surface area contributed by atoms with Gasteiger partial charge in [-0.25, -0.2) is 5.84 Å². The van der Waals surface area contributed by atoms with E-state index in [1.807, 2.05) is 20.8 Å². The van der Waals surface area contributed by atoms with Gasteiger partial charge in [0.1, 0.15) is 5.78 Å². The van der Waals surface area contributed by atoms with E-state index < -0.39 is 0 Å². The summed E-state index contributed by atoms with van der Waals surface area (Å²) in [5.74, 6) is 6.20. The Hall–Kier alpha value is -1.07. The van der Waals surface area contributed by atoms with Gasteiger partial charge in [0, 0.05) is 32.0 Å². The molecule has 0 bridgehead atoms. The van der Waals surface area contributed by atoms with Gasteiger partial charge >= 0.3 is 0 Å². The number of nitrogens with two attached hydrogens (primary N) is 2. The van der Waals surface area contributed by atoms with Gasteiger partial charge in [-0.1, -0.05) is 34.1 Å². The molecule has 0 aliphatic rings. The van der Waals surface area contributed by atoms with Crippen LogP contribution in [0.15, 0.2) is 11.9 Å². The molecule has 0 atom stereocenters. The van der Waals surface area contributed by atoms with Gasteiger partial charge in [0.15, 0.2) is 0 Å². The van der Waals surface area contributed by atoms with E-state index in [4.69, 9.17) is 16.3 Å². The number of ether oxygens (including phenoxy) is 1. The summed E-state index contributed by atoms with van der Waals surface area (Å²) in [5, 5.41) is 1.66. The average Bonchev–Trinajstić information content (AvgIpc) is 2.53. The molecule has 0 saturated carbocycles. The lowest BCUT2D eigenvalue weighted by Crippen LogP contribution is -2.46. The van der Waals surface area contributed by atoms with Crippen LogP contribution in [0, 0.1) is 0 Å². The largest absolute Gasteiger partial charge is 0.401 e. The van der Waals surface area contributed by atoms with Gasteiger partial charge in [-0.3, -0.25) is 0 Å². The van der Waals surface area contributed by atoms with E-state index in [-0.39, 0.29) is 5.54 Å². The number of rotatable bonds is 9. The summed E-state index contributed by atoms with van der Waals surface area (Å²) in [4.78, 5) is 10.2. The maximum atomic E-state index is 10.2. The Bertz CT molecular complexity index is 303. The van der Waals surface area contributed by atoms with Crippen LogP contribution < -0.4 is 11.6 Å². The second-order valence-corrected chi connectivity index (χ2v) is 5.83. The van der Waals surface area contributed by atoms with Crippen molar-refractivity contribution in [3.05, 3.63) is 11.9 Å². The number of hydrogen-bond acceptors (Lipinski definition) is 5. The number of Topliss-reactive ketones (excluding diaryl/α,β-unsaturated/α-hetero) is 1. The van der Waals surface area contributed by atoms with Crippen molar-refractivity contribution in [3.63, 3.8) is 0 Å². The number of ketones is 1. The Labute approximate surface area is 144 Å². The van der Waals surface area contributed by atoms with Crippen molar-refractivity contribution in [2.75, 3.05) is 13.7 Å². The summed E-state index contributed by atoms with van der Waals surface area (Å²) < 4.78 is 5.02. The van der Waals surface area contributed by atoms with E-state index in [0.29, 0.717) is 12.4 Å². The Morgan fingerprint density at radius 1 is 1.26 bits per heavy atom. The molecule has 0 amide bonds.